The molecule has 0 saturated heterocycles. The molecule has 0 aliphatic carbocycles. The zero-order valence-corrected chi connectivity index (χ0v) is 8.93. The Morgan fingerprint density at radius 3 is 2.56 bits per heavy atom. The largest absolute Gasteiger partial charge is 0.475 e. The van der Waals surface area contributed by atoms with E-state index in [0.717, 1.165) is 11.1 Å². The lowest BCUT2D eigenvalue weighted by Crippen LogP contribution is -1.92. The number of rotatable bonds is 3. The Bertz CT molecular complexity index is 497. The van der Waals surface area contributed by atoms with Gasteiger partial charge >= 0.3 is 5.97 Å². The second-order valence-corrected chi connectivity index (χ2v) is 3.66. The summed E-state index contributed by atoms with van der Waals surface area (Å²) < 4.78 is 5.15. The van der Waals surface area contributed by atoms with Gasteiger partial charge in [-0.1, -0.05) is 30.3 Å². The average molecular weight is 216 g/mol. The van der Waals surface area contributed by atoms with Crippen molar-refractivity contribution in [3.63, 3.8) is 0 Å². The van der Waals surface area contributed by atoms with Gasteiger partial charge < -0.3 is 9.52 Å². The molecule has 82 valence electrons. The van der Waals surface area contributed by atoms with Crippen molar-refractivity contribution in [2.24, 2.45) is 0 Å². The number of benzene rings is 1. The maximum atomic E-state index is 10.7. The highest BCUT2D eigenvalue weighted by atomic mass is 16.4. The quantitative estimate of drug-likeness (QED) is 0.858. The summed E-state index contributed by atoms with van der Waals surface area (Å²) in [7, 11) is 0. The Kier molecular flexibility index (Phi) is 2.77. The van der Waals surface area contributed by atoms with E-state index >= 15 is 0 Å². The summed E-state index contributed by atoms with van der Waals surface area (Å²) >= 11 is 0. The Hall–Kier alpha value is -2.03. The summed E-state index contributed by atoms with van der Waals surface area (Å²) in [6.45, 7) is 1.78. The molecular formula is C13H12O3. The van der Waals surface area contributed by atoms with Crippen molar-refractivity contribution in [2.45, 2.75) is 13.3 Å². The molecule has 2 rings (SSSR count). The van der Waals surface area contributed by atoms with Gasteiger partial charge in [-0.15, -0.1) is 0 Å². The van der Waals surface area contributed by atoms with Crippen LogP contribution in [0.15, 0.2) is 40.8 Å². The summed E-state index contributed by atoms with van der Waals surface area (Å²) in [5.41, 5.74) is 2.06. The van der Waals surface area contributed by atoms with Gasteiger partial charge in [-0.2, -0.15) is 0 Å². The highest BCUT2D eigenvalue weighted by Gasteiger charge is 2.12. The van der Waals surface area contributed by atoms with Gasteiger partial charge in [-0.3, -0.25) is 0 Å². The number of aromatic carboxylic acids is 1. The Balaban J connectivity index is 2.25. The highest BCUT2D eigenvalue weighted by Crippen LogP contribution is 2.18. The third-order valence-electron chi connectivity index (χ3n) is 2.47. The molecule has 0 aliphatic heterocycles. The van der Waals surface area contributed by atoms with Gasteiger partial charge in [0.2, 0.25) is 5.76 Å². The monoisotopic (exact) mass is 216 g/mol. The lowest BCUT2D eigenvalue weighted by atomic mass is 10.1. The molecule has 0 atom stereocenters. The summed E-state index contributed by atoms with van der Waals surface area (Å²) in [5, 5.41) is 8.79. The van der Waals surface area contributed by atoms with Gasteiger partial charge in [-0.05, 0) is 24.1 Å². The first-order valence-electron chi connectivity index (χ1n) is 5.03. The van der Waals surface area contributed by atoms with E-state index in [-0.39, 0.29) is 5.76 Å². The van der Waals surface area contributed by atoms with Crippen molar-refractivity contribution in [2.75, 3.05) is 0 Å². The van der Waals surface area contributed by atoms with Crippen molar-refractivity contribution in [3.05, 3.63) is 59.0 Å². The highest BCUT2D eigenvalue weighted by molar-refractivity contribution is 5.84. The minimum absolute atomic E-state index is 0.00318. The molecule has 1 aromatic heterocycles. The third kappa shape index (κ3) is 2.14. The summed E-state index contributed by atoms with van der Waals surface area (Å²) in [6.07, 6.45) is 0.698. The van der Waals surface area contributed by atoms with E-state index in [2.05, 4.69) is 0 Å². The van der Waals surface area contributed by atoms with E-state index in [1.54, 1.807) is 13.0 Å². The van der Waals surface area contributed by atoms with Crippen molar-refractivity contribution >= 4 is 5.97 Å². The first-order valence-corrected chi connectivity index (χ1v) is 5.03. The Morgan fingerprint density at radius 2 is 2.00 bits per heavy atom. The lowest BCUT2D eigenvalue weighted by Gasteiger charge is -1.98. The molecule has 0 aliphatic rings. The third-order valence-corrected chi connectivity index (χ3v) is 2.47. The van der Waals surface area contributed by atoms with Gasteiger partial charge in [0.1, 0.15) is 5.76 Å². The summed E-state index contributed by atoms with van der Waals surface area (Å²) in [6, 6.07) is 11.5. The summed E-state index contributed by atoms with van der Waals surface area (Å²) in [4.78, 5) is 10.7. The number of furan rings is 1. The molecule has 1 N–H and O–H groups in total. The zero-order chi connectivity index (χ0) is 11.5. The van der Waals surface area contributed by atoms with Gasteiger partial charge in [0.15, 0.2) is 0 Å². The van der Waals surface area contributed by atoms with Gasteiger partial charge in [-0.25, -0.2) is 4.79 Å². The van der Waals surface area contributed by atoms with Crippen molar-refractivity contribution in [1.29, 1.82) is 0 Å². The lowest BCUT2D eigenvalue weighted by molar-refractivity contribution is 0.0661. The molecule has 3 heteroatoms. The van der Waals surface area contributed by atoms with Crippen LogP contribution in [0.2, 0.25) is 0 Å². The normalized spacial score (nSPS) is 10.3. The molecule has 16 heavy (non-hydrogen) atoms. The fraction of sp³-hybridized carbons (Fsp3) is 0.154. The second kappa shape index (κ2) is 4.23. The van der Waals surface area contributed by atoms with E-state index in [9.17, 15) is 4.79 Å². The first-order chi connectivity index (χ1) is 7.66. The Labute approximate surface area is 93.3 Å². The molecule has 1 heterocycles. The predicted molar refractivity (Wildman–Crippen MR) is 59.7 cm³/mol. The van der Waals surface area contributed by atoms with Crippen LogP contribution in [0.4, 0.5) is 0 Å². The number of hydrogen-bond donors (Lipinski definition) is 1. The predicted octanol–water partition coefficient (Wildman–Crippen LogP) is 2.88. The van der Waals surface area contributed by atoms with Crippen LogP contribution >= 0.6 is 0 Å². The molecule has 0 saturated carbocycles. The number of carboxylic acid groups (broad SMARTS) is 1. The van der Waals surface area contributed by atoms with E-state index in [4.69, 9.17) is 9.52 Å². The molecule has 2 aromatic rings. The van der Waals surface area contributed by atoms with E-state index in [0.29, 0.717) is 12.2 Å². The van der Waals surface area contributed by atoms with Crippen LogP contribution in [-0.2, 0) is 6.42 Å². The standard InChI is InChI=1S/C13H12O3/c1-9-11(8-12(16-9)13(14)15)7-10-5-3-2-4-6-10/h2-6,8H,7H2,1H3,(H,14,15). The minimum Gasteiger partial charge on any atom is -0.475 e. The molecule has 0 unspecified atom stereocenters. The van der Waals surface area contributed by atoms with Crippen molar-refractivity contribution in [1.82, 2.24) is 0 Å². The maximum absolute atomic E-state index is 10.7. The molecule has 0 radical (unpaired) electrons. The van der Waals surface area contributed by atoms with Crippen LogP contribution in [-0.4, -0.2) is 11.1 Å². The SMILES string of the molecule is Cc1oc(C(=O)O)cc1Cc1ccccc1. The minimum atomic E-state index is -1.03. The van der Waals surface area contributed by atoms with Crippen molar-refractivity contribution in [3.8, 4) is 0 Å². The number of hydrogen-bond acceptors (Lipinski definition) is 2. The maximum Gasteiger partial charge on any atom is 0.371 e. The van der Waals surface area contributed by atoms with Crippen molar-refractivity contribution < 1.29 is 14.3 Å². The van der Waals surface area contributed by atoms with Gasteiger partial charge in [0.25, 0.3) is 0 Å². The van der Waals surface area contributed by atoms with E-state index < -0.39 is 5.97 Å². The van der Waals surface area contributed by atoms with Gasteiger partial charge in [0.05, 0.1) is 0 Å². The molecule has 1 aromatic carbocycles. The molecule has 0 fully saturated rings. The molecule has 0 spiro atoms. The molecule has 0 amide bonds. The topological polar surface area (TPSA) is 50.4 Å². The van der Waals surface area contributed by atoms with E-state index in [1.165, 1.54) is 0 Å². The second-order valence-electron chi connectivity index (χ2n) is 3.66. The fourth-order valence-electron chi connectivity index (χ4n) is 1.62. The molecule has 3 nitrogen and oxygen atoms in total. The molecule has 0 bridgehead atoms. The zero-order valence-electron chi connectivity index (χ0n) is 8.93. The van der Waals surface area contributed by atoms with Gasteiger partial charge in [0, 0.05) is 6.42 Å². The Morgan fingerprint density at radius 1 is 1.31 bits per heavy atom. The van der Waals surface area contributed by atoms with Crippen LogP contribution in [0, 0.1) is 6.92 Å². The van der Waals surface area contributed by atoms with Crippen LogP contribution in [0.3, 0.4) is 0 Å². The first kappa shape index (κ1) is 10.5. The summed E-state index contributed by atoms with van der Waals surface area (Å²) in [5.74, 6) is -0.355. The smallest absolute Gasteiger partial charge is 0.371 e. The number of carbonyl (C=O) groups is 1. The van der Waals surface area contributed by atoms with Crippen LogP contribution in [0.25, 0.3) is 0 Å². The van der Waals surface area contributed by atoms with E-state index in [1.807, 2.05) is 30.3 Å². The molecular weight excluding hydrogens is 204 g/mol. The number of carboxylic acids is 1. The fourth-order valence-corrected chi connectivity index (χ4v) is 1.62. The number of aryl methyl sites for hydroxylation is 1. The average Bonchev–Trinajstić information content (AvgIpc) is 2.62. The van der Waals surface area contributed by atoms with Crippen LogP contribution in [0.1, 0.15) is 27.4 Å². The van der Waals surface area contributed by atoms with Crippen LogP contribution < -0.4 is 0 Å². The van der Waals surface area contributed by atoms with Crippen LogP contribution in [0.5, 0.6) is 0 Å².